The van der Waals surface area contributed by atoms with Crippen LogP contribution in [0.3, 0.4) is 0 Å². The minimum absolute atomic E-state index is 0. The van der Waals surface area contributed by atoms with Gasteiger partial charge in [-0.05, 0) is 135 Å². The van der Waals surface area contributed by atoms with Gasteiger partial charge in [0.1, 0.15) is 0 Å². The fourth-order valence-corrected chi connectivity index (χ4v) is 6.24. The third kappa shape index (κ3) is 75.2. The number of carbonyl (C=O) groups is 3. The maximum absolute atomic E-state index is 10.2. The van der Waals surface area contributed by atoms with Gasteiger partial charge in [-0.3, -0.25) is 0 Å². The number of rotatable bonds is 42. The topological polar surface area (TPSA) is 120 Å². The molecule has 0 aliphatic rings. The first-order valence-corrected chi connectivity index (χ1v) is 24.8. The van der Waals surface area contributed by atoms with Crippen molar-refractivity contribution >= 4 is 17.9 Å². The first-order chi connectivity index (χ1) is 29.3. The number of unbranched alkanes of at least 4 members (excludes halogenated alkanes) is 24. The number of allylic oxidation sites excluding steroid dienone is 12. The van der Waals surface area contributed by atoms with Crippen molar-refractivity contribution in [3.05, 3.63) is 72.9 Å². The summed E-state index contributed by atoms with van der Waals surface area (Å²) in [6, 6.07) is 0. The zero-order valence-electron chi connectivity index (χ0n) is 39.8. The molecule has 6 nitrogen and oxygen atoms in total. The van der Waals surface area contributed by atoms with Crippen molar-refractivity contribution in [2.45, 2.75) is 252 Å². The summed E-state index contributed by atoms with van der Waals surface area (Å²) in [4.78, 5) is 30.6. The van der Waals surface area contributed by atoms with Gasteiger partial charge in [0.2, 0.25) is 0 Å². The molecule has 0 unspecified atom stereocenters. The third-order valence-corrected chi connectivity index (χ3v) is 9.99. The Morgan fingerprint density at radius 1 is 0.279 bits per heavy atom. The van der Waals surface area contributed by atoms with Gasteiger partial charge in [0.05, 0.1) is 0 Å². The number of carboxylic acid groups (broad SMARTS) is 3. The van der Waals surface area contributed by atoms with E-state index in [1.54, 1.807) is 0 Å². The number of hydrogen-bond acceptors (Lipinski definition) is 6. The van der Waals surface area contributed by atoms with E-state index in [1.807, 2.05) is 0 Å². The van der Waals surface area contributed by atoms with Crippen molar-refractivity contribution < 1.29 is 48.3 Å². The molecule has 0 amide bonds. The van der Waals surface area contributed by atoms with Gasteiger partial charge in [0.15, 0.2) is 0 Å². The number of hydrogen-bond donors (Lipinski definition) is 0. The Hall–Kier alpha value is -2.57. The molecule has 0 radical (unpaired) electrons. The summed E-state index contributed by atoms with van der Waals surface area (Å²) >= 11 is 0. The van der Waals surface area contributed by atoms with Gasteiger partial charge in [-0.15, -0.1) is 0 Å². The molecule has 0 aliphatic heterocycles. The summed E-state index contributed by atoms with van der Waals surface area (Å²) < 4.78 is 0. The Kier molecular flexibility index (Phi) is 65.8. The SMILES string of the molecule is CCCCC/C=C\C/C=C\CCCCCCCC(=O)[O-].CCCCC/C=C\C/C=C\CCCCCCCC(=O)[O-].CCCCC/C=C\C/C=C\CCCCCCCC(=O)[O-].[V+3]. The van der Waals surface area contributed by atoms with Gasteiger partial charge >= 0.3 is 18.6 Å². The molecule has 0 aromatic carbocycles. The second kappa shape index (κ2) is 61.7. The zero-order chi connectivity index (χ0) is 44.7. The molecule has 0 heterocycles. The Bertz CT molecular complexity index is 940. The van der Waals surface area contributed by atoms with Crippen LogP contribution in [0.5, 0.6) is 0 Å². The van der Waals surface area contributed by atoms with E-state index in [2.05, 4.69) is 93.7 Å². The van der Waals surface area contributed by atoms with Crippen LogP contribution >= 0.6 is 0 Å². The molecule has 0 bridgehead atoms. The maximum Gasteiger partial charge on any atom is 3.00 e. The van der Waals surface area contributed by atoms with E-state index < -0.39 is 17.9 Å². The summed E-state index contributed by atoms with van der Waals surface area (Å²) in [6.45, 7) is 6.70. The van der Waals surface area contributed by atoms with E-state index >= 15 is 0 Å². The predicted molar refractivity (Wildman–Crippen MR) is 253 cm³/mol. The van der Waals surface area contributed by atoms with E-state index in [4.69, 9.17) is 0 Å². The summed E-state index contributed by atoms with van der Waals surface area (Å²) in [5.41, 5.74) is 0. The van der Waals surface area contributed by atoms with Crippen LogP contribution in [-0.2, 0) is 32.9 Å². The monoisotopic (exact) mass is 889 g/mol. The molecular formula is C54H93O6V. The molecule has 0 aromatic heterocycles. The van der Waals surface area contributed by atoms with Gasteiger partial charge in [-0.1, -0.05) is 190 Å². The molecule has 0 aromatic rings. The summed E-state index contributed by atoms with van der Waals surface area (Å²) in [5.74, 6) is -2.76. The van der Waals surface area contributed by atoms with E-state index in [0.29, 0.717) is 0 Å². The molecule has 0 rings (SSSR count). The Morgan fingerprint density at radius 2 is 0.459 bits per heavy atom. The molecular weight excluding hydrogens is 796 g/mol. The summed E-state index contributed by atoms with van der Waals surface area (Å²) in [7, 11) is 0. The van der Waals surface area contributed by atoms with Crippen LogP contribution in [0.15, 0.2) is 72.9 Å². The first-order valence-electron chi connectivity index (χ1n) is 24.8. The predicted octanol–water partition coefficient (Wildman–Crippen LogP) is 13.6. The third-order valence-electron chi connectivity index (χ3n) is 9.99. The average molecular weight is 889 g/mol. The molecule has 61 heavy (non-hydrogen) atoms. The largest absolute Gasteiger partial charge is 3.00 e. The molecule has 350 valence electrons. The molecule has 7 heteroatoms. The van der Waals surface area contributed by atoms with Crippen LogP contribution in [0, 0.1) is 0 Å². The van der Waals surface area contributed by atoms with Crippen LogP contribution in [0.25, 0.3) is 0 Å². The van der Waals surface area contributed by atoms with Crippen LogP contribution < -0.4 is 15.3 Å². The molecule has 0 atom stereocenters. The molecule has 0 spiro atoms. The molecule has 0 aliphatic carbocycles. The van der Waals surface area contributed by atoms with E-state index in [9.17, 15) is 29.7 Å². The van der Waals surface area contributed by atoms with Crippen LogP contribution in [-0.4, -0.2) is 17.9 Å². The number of aliphatic carboxylic acids is 3. The quantitative estimate of drug-likeness (QED) is 0.0445. The minimum atomic E-state index is -0.921. The molecule has 0 fully saturated rings. The smallest absolute Gasteiger partial charge is 0.550 e. The summed E-state index contributed by atoms with van der Waals surface area (Å²) in [5, 5.41) is 30.6. The molecule has 0 N–H and O–H groups in total. The normalized spacial score (nSPS) is 11.5. The zero-order valence-corrected chi connectivity index (χ0v) is 41.2. The van der Waals surface area contributed by atoms with Crippen molar-refractivity contribution in [3.8, 4) is 0 Å². The maximum atomic E-state index is 10.2. The Balaban J connectivity index is -0.000000396. The van der Waals surface area contributed by atoms with Gasteiger partial charge in [0.25, 0.3) is 0 Å². The molecule has 0 saturated heterocycles. The van der Waals surface area contributed by atoms with Crippen LogP contribution in [0.2, 0.25) is 0 Å². The van der Waals surface area contributed by atoms with Gasteiger partial charge in [-0.2, -0.15) is 0 Å². The summed E-state index contributed by atoms with van der Waals surface area (Å²) in [6.07, 6.45) is 65.8. The standard InChI is InChI=1S/3C18H32O2.V/c3*1-2-3-4-5-6-7-8-9-10-11-12-13-14-15-16-17-18(19)20;/h3*6-7,9-10H,2-5,8,11-17H2,1H3,(H,19,20);/q;;;+3/p-3/b3*7-6-,10-9-;. The van der Waals surface area contributed by atoms with Crippen LogP contribution in [0.4, 0.5) is 0 Å². The van der Waals surface area contributed by atoms with E-state index in [-0.39, 0.29) is 37.8 Å². The van der Waals surface area contributed by atoms with Crippen molar-refractivity contribution in [2.24, 2.45) is 0 Å². The van der Waals surface area contributed by atoms with Gasteiger partial charge in [-0.25, -0.2) is 0 Å². The van der Waals surface area contributed by atoms with Crippen LogP contribution in [0.1, 0.15) is 252 Å². The van der Waals surface area contributed by atoms with Gasteiger partial charge in [0, 0.05) is 17.9 Å². The molecule has 0 saturated carbocycles. The second-order valence-electron chi connectivity index (χ2n) is 16.1. The van der Waals surface area contributed by atoms with Crippen molar-refractivity contribution in [3.63, 3.8) is 0 Å². The minimum Gasteiger partial charge on any atom is -0.550 e. The Morgan fingerprint density at radius 3 is 0.656 bits per heavy atom. The first kappa shape index (κ1) is 65.1. The fourth-order valence-electron chi connectivity index (χ4n) is 6.24. The van der Waals surface area contributed by atoms with Crippen molar-refractivity contribution in [1.82, 2.24) is 0 Å². The fraction of sp³-hybridized carbons (Fsp3) is 0.722. The van der Waals surface area contributed by atoms with Crippen molar-refractivity contribution in [1.29, 1.82) is 0 Å². The second-order valence-corrected chi connectivity index (χ2v) is 16.1. The number of carboxylic acids is 3. The number of carbonyl (C=O) groups excluding carboxylic acids is 3. The van der Waals surface area contributed by atoms with Gasteiger partial charge < -0.3 is 29.7 Å². The van der Waals surface area contributed by atoms with E-state index in [1.165, 1.54) is 116 Å². The Labute approximate surface area is 389 Å². The van der Waals surface area contributed by atoms with Crippen molar-refractivity contribution in [2.75, 3.05) is 0 Å². The van der Waals surface area contributed by atoms with E-state index in [0.717, 1.165) is 96.3 Å². The average Bonchev–Trinajstić information content (AvgIpc) is 3.22.